The molecule has 0 unspecified atom stereocenters. The number of fused-ring (bicyclic) bond motifs is 1. The summed E-state index contributed by atoms with van der Waals surface area (Å²) in [7, 11) is 0. The smallest absolute Gasteiger partial charge is 0.342 e. The van der Waals surface area contributed by atoms with Crippen LogP contribution in [0.2, 0.25) is 0 Å². The van der Waals surface area contributed by atoms with Gasteiger partial charge < -0.3 is 24.7 Å². The fraction of sp³-hybridized carbons (Fsp3) is 0.435. The van der Waals surface area contributed by atoms with Gasteiger partial charge in [-0.3, -0.25) is 4.79 Å². The van der Waals surface area contributed by atoms with Crippen molar-refractivity contribution >= 4 is 17.6 Å². The average Bonchev–Trinajstić information content (AvgIpc) is 3.26. The van der Waals surface area contributed by atoms with E-state index >= 15 is 0 Å². The molecule has 2 N–H and O–H groups in total. The van der Waals surface area contributed by atoms with E-state index in [9.17, 15) is 19.8 Å². The van der Waals surface area contributed by atoms with Gasteiger partial charge in [0.2, 0.25) is 0 Å². The molecule has 2 aliphatic rings. The van der Waals surface area contributed by atoms with Crippen LogP contribution in [0.3, 0.4) is 0 Å². The number of hydrogen-bond acceptors (Lipinski definition) is 7. The normalized spacial score (nSPS) is 21.1. The SMILES string of the molecule is O=C1OCC/C=C/CC/C=C/C(=N/OCC(=O)N2CCCC2)Cc2cc(O)cc(O)c21. The molecule has 1 fully saturated rings. The summed E-state index contributed by atoms with van der Waals surface area (Å²) in [4.78, 5) is 31.8. The number of ether oxygens (including phenoxy) is 1. The monoisotopic (exact) mass is 428 g/mol. The number of rotatable bonds is 3. The first-order chi connectivity index (χ1) is 15.0. The molecule has 0 spiro atoms. The largest absolute Gasteiger partial charge is 0.508 e. The fourth-order valence-corrected chi connectivity index (χ4v) is 3.53. The number of nitrogens with zero attached hydrogens (tertiary/aromatic N) is 2. The lowest BCUT2D eigenvalue weighted by Crippen LogP contribution is -2.30. The lowest BCUT2D eigenvalue weighted by Gasteiger charge is -2.14. The lowest BCUT2D eigenvalue weighted by atomic mass is 10.00. The van der Waals surface area contributed by atoms with Gasteiger partial charge in [-0.05, 0) is 49.8 Å². The maximum absolute atomic E-state index is 12.5. The number of likely N-dealkylation sites (tertiary alicyclic amines) is 1. The van der Waals surface area contributed by atoms with Crippen molar-refractivity contribution in [3.63, 3.8) is 0 Å². The highest BCUT2D eigenvalue weighted by Gasteiger charge is 2.21. The van der Waals surface area contributed by atoms with Gasteiger partial charge in [-0.1, -0.05) is 23.4 Å². The van der Waals surface area contributed by atoms with Gasteiger partial charge in [0, 0.05) is 25.6 Å². The third-order valence-electron chi connectivity index (χ3n) is 5.08. The second-order valence-corrected chi connectivity index (χ2v) is 7.50. The number of phenolic OH excluding ortho intramolecular Hbond substituents is 2. The lowest BCUT2D eigenvalue weighted by molar-refractivity contribution is -0.135. The van der Waals surface area contributed by atoms with Gasteiger partial charge in [0.25, 0.3) is 5.91 Å². The van der Waals surface area contributed by atoms with Crippen LogP contribution in [0.25, 0.3) is 0 Å². The zero-order valence-electron chi connectivity index (χ0n) is 17.5. The van der Waals surface area contributed by atoms with E-state index in [1.165, 1.54) is 6.07 Å². The Labute approximate surface area is 181 Å². The van der Waals surface area contributed by atoms with Crippen molar-refractivity contribution in [1.29, 1.82) is 0 Å². The Morgan fingerprint density at radius 1 is 1.10 bits per heavy atom. The number of phenols is 2. The van der Waals surface area contributed by atoms with E-state index in [4.69, 9.17) is 9.57 Å². The molecule has 0 aliphatic carbocycles. The summed E-state index contributed by atoms with van der Waals surface area (Å²) in [6.45, 7) is 1.49. The molecule has 0 saturated carbocycles. The van der Waals surface area contributed by atoms with E-state index in [0.717, 1.165) is 44.8 Å². The van der Waals surface area contributed by atoms with Crippen molar-refractivity contribution in [3.8, 4) is 11.5 Å². The van der Waals surface area contributed by atoms with E-state index in [-0.39, 0.29) is 42.6 Å². The van der Waals surface area contributed by atoms with Crippen LogP contribution in [-0.4, -0.2) is 59.0 Å². The minimum Gasteiger partial charge on any atom is -0.508 e. The Kier molecular flexibility index (Phi) is 8.09. The molecule has 1 aromatic carbocycles. The van der Waals surface area contributed by atoms with Crippen LogP contribution >= 0.6 is 0 Å². The Morgan fingerprint density at radius 2 is 1.84 bits per heavy atom. The van der Waals surface area contributed by atoms with Crippen molar-refractivity contribution in [2.75, 3.05) is 26.3 Å². The number of hydrogen-bond donors (Lipinski definition) is 2. The zero-order valence-corrected chi connectivity index (χ0v) is 17.5. The van der Waals surface area contributed by atoms with Gasteiger partial charge in [-0.2, -0.15) is 0 Å². The summed E-state index contributed by atoms with van der Waals surface area (Å²) >= 11 is 0. The molecule has 8 heteroatoms. The van der Waals surface area contributed by atoms with Crippen molar-refractivity contribution in [3.05, 3.63) is 47.6 Å². The molecule has 31 heavy (non-hydrogen) atoms. The Balaban J connectivity index is 1.82. The van der Waals surface area contributed by atoms with Crippen molar-refractivity contribution in [1.82, 2.24) is 4.90 Å². The summed E-state index contributed by atoms with van der Waals surface area (Å²) in [5, 5.41) is 24.3. The molecule has 1 amide bonds. The van der Waals surface area contributed by atoms with Crippen LogP contribution < -0.4 is 0 Å². The summed E-state index contributed by atoms with van der Waals surface area (Å²) < 4.78 is 5.27. The van der Waals surface area contributed by atoms with E-state index < -0.39 is 5.97 Å². The molecule has 8 nitrogen and oxygen atoms in total. The molecule has 0 aromatic heterocycles. The Morgan fingerprint density at radius 3 is 2.65 bits per heavy atom. The molecule has 2 heterocycles. The summed E-state index contributed by atoms with van der Waals surface area (Å²) in [6, 6.07) is 2.49. The molecule has 0 radical (unpaired) electrons. The molecule has 0 bridgehead atoms. The molecule has 2 aliphatic heterocycles. The number of esters is 1. The van der Waals surface area contributed by atoms with E-state index in [1.54, 1.807) is 11.0 Å². The van der Waals surface area contributed by atoms with Crippen molar-refractivity contribution in [2.45, 2.75) is 38.5 Å². The maximum atomic E-state index is 12.5. The average molecular weight is 428 g/mol. The standard InChI is InChI=1S/C23H28N2O6/c26-19-14-17-13-18(24-31-16-21(28)25-10-6-7-11-25)9-5-3-1-2-4-8-12-30-23(29)22(17)20(27)15-19/h2,4-5,9,14-15,26-27H,1,3,6-8,10-13,16H2/b4-2+,9-5+,24-18-. The molecule has 166 valence electrons. The second kappa shape index (κ2) is 11.2. The Hall–Kier alpha value is -3.29. The van der Waals surface area contributed by atoms with E-state index in [1.807, 2.05) is 18.2 Å². The van der Waals surface area contributed by atoms with Gasteiger partial charge in [0.1, 0.15) is 17.1 Å². The Bertz CT molecular complexity index is 884. The third-order valence-corrected chi connectivity index (χ3v) is 5.08. The predicted molar refractivity (Wildman–Crippen MR) is 115 cm³/mol. The van der Waals surface area contributed by atoms with Crippen molar-refractivity contribution < 1.29 is 29.4 Å². The van der Waals surface area contributed by atoms with Gasteiger partial charge in [-0.15, -0.1) is 0 Å². The number of oxime groups is 1. The first kappa shape index (κ1) is 22.4. The summed E-state index contributed by atoms with van der Waals surface area (Å²) in [5.74, 6) is -1.33. The van der Waals surface area contributed by atoms with Crippen LogP contribution in [0.4, 0.5) is 0 Å². The number of carbonyl (C=O) groups excluding carboxylic acids is 2. The highest BCUT2D eigenvalue weighted by molar-refractivity contribution is 6.00. The quantitative estimate of drug-likeness (QED) is 0.435. The fourth-order valence-electron chi connectivity index (χ4n) is 3.53. The van der Waals surface area contributed by atoms with Crippen LogP contribution in [0.5, 0.6) is 11.5 Å². The van der Waals surface area contributed by atoms with E-state index in [2.05, 4.69) is 5.16 Å². The number of amides is 1. The topological polar surface area (TPSA) is 109 Å². The number of carbonyl (C=O) groups is 2. The zero-order chi connectivity index (χ0) is 22.1. The van der Waals surface area contributed by atoms with Gasteiger partial charge in [0.15, 0.2) is 6.61 Å². The third kappa shape index (κ3) is 6.60. The van der Waals surface area contributed by atoms with Crippen LogP contribution in [-0.2, 0) is 20.8 Å². The predicted octanol–water partition coefficient (Wildman–Crippen LogP) is 3.09. The molecule has 1 aromatic rings. The van der Waals surface area contributed by atoms with Crippen LogP contribution in [0.15, 0.2) is 41.6 Å². The van der Waals surface area contributed by atoms with Gasteiger partial charge >= 0.3 is 5.97 Å². The van der Waals surface area contributed by atoms with Gasteiger partial charge in [0.05, 0.1) is 12.3 Å². The number of allylic oxidation sites excluding steroid dienone is 3. The molecule has 0 atom stereocenters. The van der Waals surface area contributed by atoms with Gasteiger partial charge in [-0.25, -0.2) is 4.79 Å². The summed E-state index contributed by atoms with van der Waals surface area (Å²) in [5.41, 5.74) is 0.787. The van der Waals surface area contributed by atoms with E-state index in [0.29, 0.717) is 17.7 Å². The second-order valence-electron chi connectivity index (χ2n) is 7.50. The molecular weight excluding hydrogens is 400 g/mol. The first-order valence-corrected chi connectivity index (χ1v) is 10.5. The minimum atomic E-state index is -0.675. The van der Waals surface area contributed by atoms with Crippen molar-refractivity contribution in [2.24, 2.45) is 5.16 Å². The molecular formula is C23H28N2O6. The summed E-state index contributed by atoms with van der Waals surface area (Å²) in [6.07, 6.45) is 11.9. The number of aromatic hydroxyl groups is 2. The first-order valence-electron chi connectivity index (χ1n) is 10.5. The highest BCUT2D eigenvalue weighted by atomic mass is 16.6. The van der Waals surface area contributed by atoms with Crippen LogP contribution in [0, 0.1) is 0 Å². The number of benzene rings is 1. The molecule has 3 rings (SSSR count). The highest BCUT2D eigenvalue weighted by Crippen LogP contribution is 2.29. The molecule has 1 saturated heterocycles. The minimum absolute atomic E-state index is 0.0203. The van der Waals surface area contributed by atoms with Crippen LogP contribution in [0.1, 0.15) is 48.0 Å². The number of cyclic esters (lactones) is 1. The maximum Gasteiger partial charge on any atom is 0.342 e.